The Kier molecular flexibility index (Phi) is 4.78. The zero-order valence-electron chi connectivity index (χ0n) is 11.0. The molecule has 1 rings (SSSR count). The van der Waals surface area contributed by atoms with Gasteiger partial charge in [0.2, 0.25) is 0 Å². The van der Waals surface area contributed by atoms with Crippen LogP contribution in [0.25, 0.3) is 0 Å². The Balaban J connectivity index is 2.94. The number of aliphatic hydroxyl groups excluding tert-OH is 1. The smallest absolute Gasteiger partial charge is 0.125 e. The normalized spacial score (nSPS) is 12.4. The molecule has 0 aliphatic heterocycles. The van der Waals surface area contributed by atoms with Gasteiger partial charge in [-0.25, -0.2) is 0 Å². The first-order valence-electron chi connectivity index (χ1n) is 5.78. The average Bonchev–Trinajstić information content (AvgIpc) is 2.32. The number of nitrogens with two attached hydrogens (primary N) is 1. The molecule has 0 saturated carbocycles. The summed E-state index contributed by atoms with van der Waals surface area (Å²) in [5.41, 5.74) is 9.73. The van der Waals surface area contributed by atoms with E-state index in [4.69, 9.17) is 10.5 Å². The number of methoxy groups -OCH3 is 1. The largest absolute Gasteiger partial charge is 0.496 e. The first kappa shape index (κ1) is 13.8. The molecule has 0 radical (unpaired) electrons. The number of aliphatic hydroxyl groups is 1. The molecule has 1 atom stereocenters. The van der Waals surface area contributed by atoms with Crippen LogP contribution in [0, 0.1) is 20.8 Å². The van der Waals surface area contributed by atoms with E-state index in [0.29, 0.717) is 6.54 Å². The minimum Gasteiger partial charge on any atom is -0.496 e. The summed E-state index contributed by atoms with van der Waals surface area (Å²) in [6, 6.07) is 2.03. The number of rotatable bonds is 5. The molecule has 0 fully saturated rings. The molecule has 0 amide bonds. The highest BCUT2D eigenvalue weighted by atomic mass is 16.5. The highest BCUT2D eigenvalue weighted by Crippen LogP contribution is 2.31. The molecule has 0 saturated heterocycles. The SMILES string of the molecule is COc1c(C)cc(NCC(O)CN)c(C)c1C. The Morgan fingerprint density at radius 1 is 1.35 bits per heavy atom. The molecule has 0 spiro atoms. The van der Waals surface area contributed by atoms with Crippen molar-refractivity contribution < 1.29 is 9.84 Å². The number of aryl methyl sites for hydroxylation is 1. The van der Waals surface area contributed by atoms with Gasteiger partial charge >= 0.3 is 0 Å². The molecule has 0 aliphatic carbocycles. The molecule has 17 heavy (non-hydrogen) atoms. The van der Waals surface area contributed by atoms with Gasteiger partial charge in [-0.05, 0) is 43.5 Å². The fourth-order valence-electron chi connectivity index (χ4n) is 1.87. The van der Waals surface area contributed by atoms with Gasteiger partial charge in [0.1, 0.15) is 5.75 Å². The summed E-state index contributed by atoms with van der Waals surface area (Å²) in [4.78, 5) is 0. The number of ether oxygens (including phenoxy) is 1. The van der Waals surface area contributed by atoms with Crippen LogP contribution in [0.15, 0.2) is 6.07 Å². The Morgan fingerprint density at radius 2 is 2.00 bits per heavy atom. The maximum atomic E-state index is 9.44. The Hall–Kier alpha value is -1.26. The van der Waals surface area contributed by atoms with Gasteiger partial charge in [0, 0.05) is 18.8 Å². The van der Waals surface area contributed by atoms with Crippen LogP contribution in [0.2, 0.25) is 0 Å². The van der Waals surface area contributed by atoms with Crippen LogP contribution in [-0.2, 0) is 0 Å². The van der Waals surface area contributed by atoms with E-state index in [-0.39, 0.29) is 6.54 Å². The summed E-state index contributed by atoms with van der Waals surface area (Å²) >= 11 is 0. The van der Waals surface area contributed by atoms with Crippen LogP contribution in [0.1, 0.15) is 16.7 Å². The van der Waals surface area contributed by atoms with Crippen molar-refractivity contribution >= 4 is 5.69 Å². The minimum absolute atomic E-state index is 0.264. The van der Waals surface area contributed by atoms with Crippen molar-refractivity contribution in [3.8, 4) is 5.75 Å². The van der Waals surface area contributed by atoms with Gasteiger partial charge in [0.15, 0.2) is 0 Å². The van der Waals surface area contributed by atoms with Gasteiger partial charge in [-0.3, -0.25) is 0 Å². The molecule has 4 heteroatoms. The molecule has 4 nitrogen and oxygen atoms in total. The van der Waals surface area contributed by atoms with Crippen molar-refractivity contribution in [3.05, 3.63) is 22.8 Å². The monoisotopic (exact) mass is 238 g/mol. The van der Waals surface area contributed by atoms with E-state index in [0.717, 1.165) is 28.1 Å². The molecule has 4 N–H and O–H groups in total. The fraction of sp³-hybridized carbons (Fsp3) is 0.538. The Labute approximate surface area is 103 Å². The van der Waals surface area contributed by atoms with Crippen LogP contribution in [0.5, 0.6) is 5.75 Å². The maximum absolute atomic E-state index is 9.44. The van der Waals surface area contributed by atoms with Crippen LogP contribution in [0.3, 0.4) is 0 Å². The molecule has 0 aromatic heterocycles. The van der Waals surface area contributed by atoms with E-state index < -0.39 is 6.10 Å². The Bertz CT molecular complexity index is 391. The van der Waals surface area contributed by atoms with E-state index >= 15 is 0 Å². The molecule has 0 heterocycles. The number of hydrogen-bond donors (Lipinski definition) is 3. The lowest BCUT2D eigenvalue weighted by Crippen LogP contribution is -2.28. The van der Waals surface area contributed by atoms with E-state index in [2.05, 4.69) is 5.32 Å². The molecule has 0 bridgehead atoms. The van der Waals surface area contributed by atoms with E-state index in [9.17, 15) is 5.11 Å². The van der Waals surface area contributed by atoms with Crippen molar-refractivity contribution in [2.24, 2.45) is 5.73 Å². The second-order valence-corrected chi connectivity index (χ2v) is 4.29. The predicted octanol–water partition coefficient (Wildman–Crippen LogP) is 1.35. The van der Waals surface area contributed by atoms with Crippen molar-refractivity contribution in [2.75, 3.05) is 25.5 Å². The first-order chi connectivity index (χ1) is 8.01. The van der Waals surface area contributed by atoms with Gasteiger partial charge in [-0.2, -0.15) is 0 Å². The van der Waals surface area contributed by atoms with Gasteiger partial charge in [-0.15, -0.1) is 0 Å². The fourth-order valence-corrected chi connectivity index (χ4v) is 1.87. The second kappa shape index (κ2) is 5.89. The summed E-state index contributed by atoms with van der Waals surface area (Å²) in [5, 5.41) is 12.6. The highest BCUT2D eigenvalue weighted by molar-refractivity contribution is 5.61. The number of nitrogens with one attached hydrogen (secondary N) is 1. The summed E-state index contributed by atoms with van der Waals surface area (Å²) in [6.45, 7) is 6.80. The van der Waals surface area contributed by atoms with Crippen LogP contribution >= 0.6 is 0 Å². The van der Waals surface area contributed by atoms with Crippen LogP contribution < -0.4 is 15.8 Å². The Morgan fingerprint density at radius 3 is 2.53 bits per heavy atom. The van der Waals surface area contributed by atoms with E-state index in [1.165, 1.54) is 0 Å². The molecule has 1 aromatic carbocycles. The lowest BCUT2D eigenvalue weighted by Gasteiger charge is -2.18. The van der Waals surface area contributed by atoms with Crippen LogP contribution in [-0.4, -0.2) is 31.4 Å². The van der Waals surface area contributed by atoms with E-state index in [1.807, 2.05) is 26.8 Å². The minimum atomic E-state index is -0.517. The predicted molar refractivity (Wildman–Crippen MR) is 70.8 cm³/mol. The lowest BCUT2D eigenvalue weighted by atomic mass is 10.0. The number of anilines is 1. The zero-order chi connectivity index (χ0) is 13.0. The maximum Gasteiger partial charge on any atom is 0.125 e. The average molecular weight is 238 g/mol. The molecule has 0 aliphatic rings. The zero-order valence-corrected chi connectivity index (χ0v) is 11.0. The lowest BCUT2D eigenvalue weighted by molar-refractivity contribution is 0.196. The summed E-state index contributed by atoms with van der Waals surface area (Å²) in [5.74, 6) is 0.924. The third kappa shape index (κ3) is 3.11. The standard InChI is InChI=1S/C13H22N2O2/c1-8-5-12(15-7-11(16)6-14)9(2)10(3)13(8)17-4/h5,11,15-16H,6-7,14H2,1-4H3. The summed E-state index contributed by atoms with van der Waals surface area (Å²) in [6.07, 6.45) is -0.517. The van der Waals surface area contributed by atoms with Crippen molar-refractivity contribution in [3.63, 3.8) is 0 Å². The highest BCUT2D eigenvalue weighted by Gasteiger charge is 2.11. The van der Waals surface area contributed by atoms with Crippen LogP contribution in [0.4, 0.5) is 5.69 Å². The summed E-state index contributed by atoms with van der Waals surface area (Å²) < 4.78 is 5.36. The van der Waals surface area contributed by atoms with Gasteiger partial charge < -0.3 is 20.9 Å². The van der Waals surface area contributed by atoms with Crippen molar-refractivity contribution in [2.45, 2.75) is 26.9 Å². The van der Waals surface area contributed by atoms with Gasteiger partial charge in [0.25, 0.3) is 0 Å². The third-order valence-electron chi connectivity index (χ3n) is 3.03. The number of benzene rings is 1. The molecule has 96 valence electrons. The quantitative estimate of drug-likeness (QED) is 0.724. The molecule has 1 aromatic rings. The summed E-state index contributed by atoms with van der Waals surface area (Å²) in [7, 11) is 1.68. The first-order valence-corrected chi connectivity index (χ1v) is 5.78. The third-order valence-corrected chi connectivity index (χ3v) is 3.03. The van der Waals surface area contributed by atoms with E-state index in [1.54, 1.807) is 7.11 Å². The molecule has 1 unspecified atom stereocenters. The number of hydrogen-bond acceptors (Lipinski definition) is 4. The van der Waals surface area contributed by atoms with Crippen molar-refractivity contribution in [1.29, 1.82) is 0 Å². The van der Waals surface area contributed by atoms with Crippen molar-refractivity contribution in [1.82, 2.24) is 0 Å². The topological polar surface area (TPSA) is 67.5 Å². The second-order valence-electron chi connectivity index (χ2n) is 4.29. The molecular weight excluding hydrogens is 216 g/mol. The molecular formula is C13H22N2O2. The van der Waals surface area contributed by atoms with Gasteiger partial charge in [0.05, 0.1) is 13.2 Å². The van der Waals surface area contributed by atoms with Gasteiger partial charge in [-0.1, -0.05) is 0 Å².